The number of urea groups is 1. The van der Waals surface area contributed by atoms with E-state index in [0.29, 0.717) is 36.3 Å². The molecule has 0 fully saturated rings. The minimum absolute atomic E-state index is 0.326. The molecular formula is C22H22N6O4. The molecule has 0 saturated carbocycles. The number of aromatic nitrogens is 4. The molecule has 2 amide bonds. The molecule has 4 aromatic rings. The van der Waals surface area contributed by atoms with E-state index in [2.05, 4.69) is 25.7 Å². The topological polar surface area (TPSA) is 112 Å². The van der Waals surface area contributed by atoms with Crippen molar-refractivity contribution in [3.8, 4) is 28.5 Å². The van der Waals surface area contributed by atoms with E-state index in [9.17, 15) is 4.79 Å². The Labute approximate surface area is 184 Å². The summed E-state index contributed by atoms with van der Waals surface area (Å²) < 4.78 is 17.7. The molecule has 0 aliphatic rings. The summed E-state index contributed by atoms with van der Waals surface area (Å²) in [4.78, 5) is 20.4. The third-order valence-electron chi connectivity index (χ3n) is 4.56. The Bertz CT molecular complexity index is 1210. The zero-order valence-corrected chi connectivity index (χ0v) is 17.6. The first kappa shape index (κ1) is 20.9. The summed E-state index contributed by atoms with van der Waals surface area (Å²) >= 11 is 0. The van der Waals surface area contributed by atoms with Crippen molar-refractivity contribution in [3.05, 3.63) is 61.2 Å². The van der Waals surface area contributed by atoms with Gasteiger partial charge in [-0.15, -0.1) is 5.10 Å². The number of nitrogens with one attached hydrogen (secondary N) is 2. The van der Waals surface area contributed by atoms with E-state index in [1.165, 1.54) is 0 Å². The molecule has 0 bridgehead atoms. The van der Waals surface area contributed by atoms with Crippen LogP contribution in [0.4, 0.5) is 10.6 Å². The molecule has 0 aliphatic heterocycles. The minimum Gasteiger partial charge on any atom is -0.491 e. The van der Waals surface area contributed by atoms with Crippen LogP contribution in [-0.2, 0) is 0 Å². The van der Waals surface area contributed by atoms with Crippen LogP contribution in [0, 0.1) is 0 Å². The number of hydrogen-bond donors (Lipinski definition) is 2. The van der Waals surface area contributed by atoms with Gasteiger partial charge in [-0.05, 0) is 35.9 Å². The van der Waals surface area contributed by atoms with Crippen LogP contribution in [-0.4, -0.2) is 53.0 Å². The van der Waals surface area contributed by atoms with Crippen LogP contribution in [0.25, 0.3) is 16.6 Å². The number of carbonyl (C=O) groups is 1. The number of ether oxygens (including phenoxy) is 3. The number of nitrogens with zero attached hydrogens (tertiary/aromatic N) is 4. The van der Waals surface area contributed by atoms with Gasteiger partial charge in [-0.1, -0.05) is 0 Å². The second kappa shape index (κ2) is 9.65. The molecule has 0 radical (unpaired) electrons. The number of methoxy groups -OCH3 is 2. The maximum absolute atomic E-state index is 12.1. The van der Waals surface area contributed by atoms with Gasteiger partial charge in [0.25, 0.3) is 5.88 Å². The summed E-state index contributed by atoms with van der Waals surface area (Å²) in [5.74, 6) is 2.05. The van der Waals surface area contributed by atoms with E-state index in [1.54, 1.807) is 55.5 Å². The van der Waals surface area contributed by atoms with Crippen LogP contribution >= 0.6 is 0 Å². The van der Waals surface area contributed by atoms with Gasteiger partial charge < -0.3 is 19.5 Å². The number of hydrogen-bond acceptors (Lipinski definition) is 7. The Morgan fingerprint density at radius 3 is 2.78 bits per heavy atom. The molecule has 10 nitrogen and oxygen atoms in total. The van der Waals surface area contributed by atoms with Crippen molar-refractivity contribution in [1.82, 2.24) is 24.9 Å². The first-order valence-electron chi connectivity index (χ1n) is 9.82. The Balaban J connectivity index is 1.38. The summed E-state index contributed by atoms with van der Waals surface area (Å²) in [5.41, 5.74) is 2.61. The van der Waals surface area contributed by atoms with E-state index in [-0.39, 0.29) is 6.03 Å². The van der Waals surface area contributed by atoms with Crippen LogP contribution in [0.3, 0.4) is 0 Å². The van der Waals surface area contributed by atoms with E-state index < -0.39 is 0 Å². The predicted molar refractivity (Wildman–Crippen MR) is 118 cm³/mol. The zero-order chi connectivity index (χ0) is 22.3. The van der Waals surface area contributed by atoms with Crippen molar-refractivity contribution in [2.24, 2.45) is 0 Å². The second-order valence-corrected chi connectivity index (χ2v) is 6.67. The molecule has 0 atom stereocenters. The SMILES string of the molecule is COc1cc(-c2ccn3nc(NC(=O)NCCOc4cccnc4)cc3c2)cnc1OC. The number of anilines is 1. The lowest BCUT2D eigenvalue weighted by atomic mass is 10.1. The van der Waals surface area contributed by atoms with Crippen LogP contribution in [0.5, 0.6) is 17.4 Å². The van der Waals surface area contributed by atoms with Crippen LogP contribution in [0.15, 0.2) is 61.2 Å². The van der Waals surface area contributed by atoms with Gasteiger partial charge in [0.15, 0.2) is 11.6 Å². The van der Waals surface area contributed by atoms with Crippen LogP contribution in [0.2, 0.25) is 0 Å². The highest BCUT2D eigenvalue weighted by molar-refractivity contribution is 5.89. The van der Waals surface area contributed by atoms with Crippen LogP contribution in [0.1, 0.15) is 0 Å². The summed E-state index contributed by atoms with van der Waals surface area (Å²) in [5, 5.41) is 9.82. The first-order valence-corrected chi connectivity index (χ1v) is 9.82. The van der Waals surface area contributed by atoms with Crippen molar-refractivity contribution in [1.29, 1.82) is 0 Å². The van der Waals surface area contributed by atoms with Gasteiger partial charge in [-0.3, -0.25) is 10.3 Å². The number of fused-ring (bicyclic) bond motifs is 1. The van der Waals surface area contributed by atoms with E-state index >= 15 is 0 Å². The largest absolute Gasteiger partial charge is 0.491 e. The lowest BCUT2D eigenvalue weighted by Gasteiger charge is -2.08. The molecule has 4 aromatic heterocycles. The fourth-order valence-corrected chi connectivity index (χ4v) is 3.05. The standard InChI is InChI=1S/C22H22N6O4/c1-30-19-11-16(13-25-21(19)31-2)15-5-8-28-17(10-15)12-20(27-28)26-22(29)24-7-9-32-18-4-3-6-23-14-18/h3-6,8,10-14H,7,9H2,1-2H3,(H2,24,26,27,29). The van der Waals surface area contributed by atoms with Crippen molar-refractivity contribution < 1.29 is 19.0 Å². The van der Waals surface area contributed by atoms with Crippen molar-refractivity contribution >= 4 is 17.4 Å². The Morgan fingerprint density at radius 2 is 2.00 bits per heavy atom. The van der Waals surface area contributed by atoms with Gasteiger partial charge >= 0.3 is 6.03 Å². The Kier molecular flexibility index (Phi) is 6.30. The third-order valence-corrected chi connectivity index (χ3v) is 4.56. The highest BCUT2D eigenvalue weighted by Gasteiger charge is 2.10. The van der Waals surface area contributed by atoms with Gasteiger partial charge in [0.1, 0.15) is 12.4 Å². The normalized spacial score (nSPS) is 10.6. The lowest BCUT2D eigenvalue weighted by Crippen LogP contribution is -2.32. The van der Waals surface area contributed by atoms with E-state index in [4.69, 9.17) is 14.2 Å². The highest BCUT2D eigenvalue weighted by atomic mass is 16.5. The molecule has 0 aromatic carbocycles. The molecule has 0 aliphatic carbocycles. The number of amides is 2. The van der Waals surface area contributed by atoms with Gasteiger partial charge in [-0.25, -0.2) is 14.3 Å². The van der Waals surface area contributed by atoms with Gasteiger partial charge in [0.05, 0.1) is 32.5 Å². The molecule has 4 heterocycles. The molecule has 4 rings (SSSR count). The van der Waals surface area contributed by atoms with Crippen LogP contribution < -0.4 is 24.8 Å². The Morgan fingerprint density at radius 1 is 1.09 bits per heavy atom. The van der Waals surface area contributed by atoms with E-state index in [0.717, 1.165) is 16.6 Å². The van der Waals surface area contributed by atoms with Crippen molar-refractivity contribution in [3.63, 3.8) is 0 Å². The average Bonchev–Trinajstić information content (AvgIpc) is 3.23. The third kappa shape index (κ3) is 4.86. The first-order chi connectivity index (χ1) is 15.7. The molecule has 0 spiro atoms. The molecule has 10 heteroatoms. The summed E-state index contributed by atoms with van der Waals surface area (Å²) in [6.07, 6.45) is 6.81. The van der Waals surface area contributed by atoms with E-state index in [1.807, 2.05) is 24.4 Å². The van der Waals surface area contributed by atoms with Gasteiger partial charge in [-0.2, -0.15) is 0 Å². The zero-order valence-electron chi connectivity index (χ0n) is 17.6. The van der Waals surface area contributed by atoms with Gasteiger partial charge in [0.2, 0.25) is 0 Å². The fourth-order valence-electron chi connectivity index (χ4n) is 3.05. The molecule has 0 saturated heterocycles. The molecule has 2 N–H and O–H groups in total. The Hall–Kier alpha value is -4.34. The predicted octanol–water partition coefficient (Wildman–Crippen LogP) is 3.01. The van der Waals surface area contributed by atoms with Gasteiger partial charge in [0, 0.05) is 30.2 Å². The maximum Gasteiger partial charge on any atom is 0.320 e. The second-order valence-electron chi connectivity index (χ2n) is 6.67. The smallest absolute Gasteiger partial charge is 0.320 e. The number of pyridine rings is 3. The average molecular weight is 434 g/mol. The summed E-state index contributed by atoms with van der Waals surface area (Å²) in [6.45, 7) is 0.664. The fraction of sp³-hybridized carbons (Fsp3) is 0.182. The summed E-state index contributed by atoms with van der Waals surface area (Å²) in [7, 11) is 3.11. The molecule has 0 unspecified atom stereocenters. The summed E-state index contributed by atoms with van der Waals surface area (Å²) in [6, 6.07) is 10.7. The molecular weight excluding hydrogens is 412 g/mol. The highest BCUT2D eigenvalue weighted by Crippen LogP contribution is 2.30. The number of rotatable bonds is 8. The lowest BCUT2D eigenvalue weighted by molar-refractivity contribution is 0.247. The maximum atomic E-state index is 12.1. The van der Waals surface area contributed by atoms with Crippen molar-refractivity contribution in [2.45, 2.75) is 0 Å². The monoisotopic (exact) mass is 434 g/mol. The number of carbonyl (C=O) groups excluding carboxylic acids is 1. The van der Waals surface area contributed by atoms with Crippen molar-refractivity contribution in [2.75, 3.05) is 32.7 Å². The quantitative estimate of drug-likeness (QED) is 0.410. The minimum atomic E-state index is -0.368. The molecule has 164 valence electrons. The molecule has 32 heavy (non-hydrogen) atoms.